The molecule has 1 aliphatic heterocycles. The Labute approximate surface area is 118 Å². The molecule has 1 aromatic heterocycles. The molecular weight excluding hydrogens is 272 g/mol. The molecule has 1 aromatic rings. The van der Waals surface area contributed by atoms with Crippen molar-refractivity contribution in [1.82, 2.24) is 4.90 Å². The van der Waals surface area contributed by atoms with E-state index in [0.717, 1.165) is 25.8 Å². The zero-order valence-corrected chi connectivity index (χ0v) is 12.1. The van der Waals surface area contributed by atoms with Gasteiger partial charge in [-0.25, -0.2) is 0 Å². The van der Waals surface area contributed by atoms with Crippen molar-refractivity contribution < 1.29 is 9.53 Å². The van der Waals surface area contributed by atoms with Crippen LogP contribution in [0.5, 0.6) is 5.75 Å². The van der Waals surface area contributed by atoms with Crippen LogP contribution in [-0.4, -0.2) is 37.0 Å². The van der Waals surface area contributed by atoms with Gasteiger partial charge in [0.15, 0.2) is 0 Å². The number of carbonyl (C=O) groups excluding carboxylic acids is 1. The van der Waals surface area contributed by atoms with Crippen molar-refractivity contribution in [3.8, 4) is 5.75 Å². The lowest BCUT2D eigenvalue weighted by Crippen LogP contribution is -2.47. The normalized spacial score (nSPS) is 19.2. The molecule has 1 saturated heterocycles. The van der Waals surface area contributed by atoms with E-state index >= 15 is 0 Å². The first-order valence-electron chi connectivity index (χ1n) is 5.90. The summed E-state index contributed by atoms with van der Waals surface area (Å²) in [6.45, 7) is 1.35. The molecule has 0 radical (unpaired) electrons. The van der Waals surface area contributed by atoms with Crippen LogP contribution in [0, 0.1) is 0 Å². The molecule has 1 aliphatic rings. The molecule has 2 rings (SSSR count). The van der Waals surface area contributed by atoms with Crippen LogP contribution < -0.4 is 10.5 Å². The molecule has 0 saturated carbocycles. The maximum absolute atomic E-state index is 12.4. The number of carbonyl (C=O) groups is 1. The topological polar surface area (TPSA) is 55.6 Å². The minimum atomic E-state index is 0. The van der Waals surface area contributed by atoms with Crippen LogP contribution >= 0.6 is 23.7 Å². The Morgan fingerprint density at radius 2 is 2.39 bits per heavy atom. The minimum Gasteiger partial charge on any atom is -0.495 e. The maximum atomic E-state index is 12.4. The second kappa shape index (κ2) is 6.97. The number of nitrogens with zero attached hydrogens (tertiary/aromatic N) is 1. The summed E-state index contributed by atoms with van der Waals surface area (Å²) >= 11 is 1.43. The summed E-state index contributed by atoms with van der Waals surface area (Å²) in [5.74, 6) is 0.730. The highest BCUT2D eigenvalue weighted by atomic mass is 35.5. The van der Waals surface area contributed by atoms with Crippen molar-refractivity contribution >= 4 is 29.7 Å². The fraction of sp³-hybridized carbons (Fsp3) is 0.583. The van der Waals surface area contributed by atoms with Gasteiger partial charge in [0.05, 0.1) is 7.11 Å². The summed E-state index contributed by atoms with van der Waals surface area (Å²) in [5.41, 5.74) is 5.73. The van der Waals surface area contributed by atoms with Gasteiger partial charge in [-0.05, 0) is 30.7 Å². The van der Waals surface area contributed by atoms with Crippen molar-refractivity contribution in [3.63, 3.8) is 0 Å². The van der Waals surface area contributed by atoms with Crippen molar-refractivity contribution in [3.05, 3.63) is 16.3 Å². The van der Waals surface area contributed by atoms with Gasteiger partial charge in [0.25, 0.3) is 5.91 Å². The summed E-state index contributed by atoms with van der Waals surface area (Å²) in [4.78, 5) is 15.0. The Morgan fingerprint density at radius 3 is 3.06 bits per heavy atom. The molecular formula is C12H19ClN2O2S. The second-order valence-electron chi connectivity index (χ2n) is 4.20. The Bertz CT molecular complexity index is 397. The summed E-state index contributed by atoms with van der Waals surface area (Å²) < 4.78 is 5.20. The second-order valence-corrected chi connectivity index (χ2v) is 5.12. The number of nitrogens with two attached hydrogens (primary N) is 1. The van der Waals surface area contributed by atoms with Gasteiger partial charge in [0, 0.05) is 19.1 Å². The SMILES string of the molecule is COc1ccsc1C(=O)N1CCCCC1CN.Cl. The molecule has 4 nitrogen and oxygen atoms in total. The monoisotopic (exact) mass is 290 g/mol. The summed E-state index contributed by atoms with van der Waals surface area (Å²) in [7, 11) is 1.59. The number of likely N-dealkylation sites (tertiary alicyclic amines) is 1. The van der Waals surface area contributed by atoms with Crippen LogP contribution in [-0.2, 0) is 0 Å². The quantitative estimate of drug-likeness (QED) is 0.928. The van der Waals surface area contributed by atoms with E-state index < -0.39 is 0 Å². The Hall–Kier alpha value is -0.780. The van der Waals surface area contributed by atoms with Gasteiger partial charge in [-0.2, -0.15) is 0 Å². The molecule has 0 spiro atoms. The molecule has 2 N–H and O–H groups in total. The highest BCUT2D eigenvalue weighted by molar-refractivity contribution is 7.12. The number of rotatable bonds is 3. The average Bonchev–Trinajstić information content (AvgIpc) is 2.86. The molecule has 1 unspecified atom stereocenters. The number of halogens is 1. The van der Waals surface area contributed by atoms with Gasteiger partial charge < -0.3 is 15.4 Å². The molecule has 102 valence electrons. The molecule has 1 amide bonds. The molecule has 1 atom stereocenters. The van der Waals surface area contributed by atoms with E-state index in [-0.39, 0.29) is 24.4 Å². The number of hydrogen-bond acceptors (Lipinski definition) is 4. The van der Waals surface area contributed by atoms with Crippen LogP contribution in [0.15, 0.2) is 11.4 Å². The van der Waals surface area contributed by atoms with Gasteiger partial charge in [-0.3, -0.25) is 4.79 Å². The van der Waals surface area contributed by atoms with Crippen molar-refractivity contribution in [2.24, 2.45) is 5.73 Å². The number of amides is 1. The first-order chi connectivity index (χ1) is 8.27. The smallest absolute Gasteiger partial charge is 0.268 e. The van der Waals surface area contributed by atoms with Gasteiger partial charge in [0.2, 0.25) is 0 Å². The third-order valence-electron chi connectivity index (χ3n) is 3.20. The lowest BCUT2D eigenvalue weighted by molar-refractivity contribution is 0.0625. The molecule has 18 heavy (non-hydrogen) atoms. The lowest BCUT2D eigenvalue weighted by atomic mass is 10.0. The first kappa shape index (κ1) is 15.3. The lowest BCUT2D eigenvalue weighted by Gasteiger charge is -2.34. The van der Waals surface area contributed by atoms with Gasteiger partial charge in [-0.15, -0.1) is 23.7 Å². The van der Waals surface area contributed by atoms with E-state index in [1.165, 1.54) is 11.3 Å². The number of hydrogen-bond donors (Lipinski definition) is 1. The fourth-order valence-electron chi connectivity index (χ4n) is 2.26. The van der Waals surface area contributed by atoms with E-state index in [4.69, 9.17) is 10.5 Å². The molecule has 2 heterocycles. The van der Waals surface area contributed by atoms with E-state index in [1.807, 2.05) is 16.3 Å². The standard InChI is InChI=1S/C12H18N2O2S.ClH/c1-16-10-5-7-17-11(10)12(15)14-6-3-2-4-9(14)8-13;/h5,7,9H,2-4,6,8,13H2,1H3;1H. The zero-order valence-electron chi connectivity index (χ0n) is 10.4. The van der Waals surface area contributed by atoms with E-state index in [2.05, 4.69) is 0 Å². The summed E-state index contributed by atoms with van der Waals surface area (Å²) in [5, 5.41) is 1.88. The predicted molar refractivity (Wildman–Crippen MR) is 75.8 cm³/mol. The van der Waals surface area contributed by atoms with E-state index in [9.17, 15) is 4.79 Å². The maximum Gasteiger partial charge on any atom is 0.268 e. The predicted octanol–water partition coefficient (Wildman–Crippen LogP) is 2.13. The Morgan fingerprint density at radius 1 is 1.61 bits per heavy atom. The van der Waals surface area contributed by atoms with Crippen LogP contribution in [0.1, 0.15) is 28.9 Å². The van der Waals surface area contributed by atoms with Crippen molar-refractivity contribution in [2.75, 3.05) is 20.2 Å². The van der Waals surface area contributed by atoms with Gasteiger partial charge >= 0.3 is 0 Å². The Balaban J connectivity index is 0.00000162. The van der Waals surface area contributed by atoms with Crippen LogP contribution in [0.25, 0.3) is 0 Å². The molecule has 0 bridgehead atoms. The van der Waals surface area contributed by atoms with Crippen LogP contribution in [0.4, 0.5) is 0 Å². The molecule has 6 heteroatoms. The first-order valence-corrected chi connectivity index (χ1v) is 6.78. The van der Waals surface area contributed by atoms with Crippen LogP contribution in [0.2, 0.25) is 0 Å². The Kier molecular flexibility index (Phi) is 5.91. The zero-order chi connectivity index (χ0) is 12.3. The van der Waals surface area contributed by atoms with Crippen molar-refractivity contribution in [1.29, 1.82) is 0 Å². The van der Waals surface area contributed by atoms with Crippen LogP contribution in [0.3, 0.4) is 0 Å². The van der Waals surface area contributed by atoms with Crippen molar-refractivity contribution in [2.45, 2.75) is 25.3 Å². The van der Waals surface area contributed by atoms with Gasteiger partial charge in [0.1, 0.15) is 10.6 Å². The number of methoxy groups -OCH3 is 1. The third-order valence-corrected chi connectivity index (χ3v) is 4.09. The number of thiophene rings is 1. The average molecular weight is 291 g/mol. The molecule has 1 fully saturated rings. The minimum absolute atomic E-state index is 0. The molecule has 0 aromatic carbocycles. The number of ether oxygens (including phenoxy) is 1. The number of piperidine rings is 1. The third kappa shape index (κ3) is 2.96. The fourth-order valence-corrected chi connectivity index (χ4v) is 3.07. The highest BCUT2D eigenvalue weighted by Crippen LogP contribution is 2.28. The van der Waals surface area contributed by atoms with Gasteiger partial charge in [-0.1, -0.05) is 0 Å². The largest absolute Gasteiger partial charge is 0.495 e. The highest BCUT2D eigenvalue weighted by Gasteiger charge is 2.28. The molecule has 0 aliphatic carbocycles. The van der Waals surface area contributed by atoms with E-state index in [1.54, 1.807) is 7.11 Å². The summed E-state index contributed by atoms with van der Waals surface area (Å²) in [6.07, 6.45) is 3.24. The van der Waals surface area contributed by atoms with E-state index in [0.29, 0.717) is 17.2 Å². The summed E-state index contributed by atoms with van der Waals surface area (Å²) in [6, 6.07) is 2.02.